The van der Waals surface area contributed by atoms with E-state index in [4.69, 9.17) is 10.4 Å². The van der Waals surface area contributed by atoms with Gasteiger partial charge in [-0.2, -0.15) is 5.26 Å². The van der Waals surface area contributed by atoms with Crippen LogP contribution in [0.1, 0.15) is 24.3 Å². The zero-order chi connectivity index (χ0) is 12.1. The molecule has 1 atom stereocenters. The van der Waals surface area contributed by atoms with Gasteiger partial charge in [0.15, 0.2) is 0 Å². The number of nitriles is 1. The summed E-state index contributed by atoms with van der Waals surface area (Å²) in [6, 6.07) is 4.53. The summed E-state index contributed by atoms with van der Waals surface area (Å²) in [4.78, 5) is 25.2. The average molecular weight is 220 g/mol. The number of ether oxygens (including phenoxy) is 1. The number of nitrogens with zero attached hydrogens (tertiary/aromatic N) is 2. The first-order valence-electron chi connectivity index (χ1n) is 4.30. The number of aromatic nitrogens is 1. The molecule has 0 saturated carbocycles. The van der Waals surface area contributed by atoms with Crippen molar-refractivity contribution in [3.05, 3.63) is 29.6 Å². The molecule has 0 fully saturated rings. The van der Waals surface area contributed by atoms with Crippen molar-refractivity contribution in [1.82, 2.24) is 4.98 Å². The van der Waals surface area contributed by atoms with Crippen molar-refractivity contribution in [3.8, 4) is 6.07 Å². The first-order valence-corrected chi connectivity index (χ1v) is 4.30. The summed E-state index contributed by atoms with van der Waals surface area (Å²) in [7, 11) is 0. The minimum absolute atomic E-state index is 0.163. The van der Waals surface area contributed by atoms with Crippen LogP contribution in [-0.2, 0) is 14.3 Å². The van der Waals surface area contributed by atoms with Crippen LogP contribution >= 0.6 is 0 Å². The van der Waals surface area contributed by atoms with Gasteiger partial charge in [-0.3, -0.25) is 4.79 Å². The van der Waals surface area contributed by atoms with E-state index in [9.17, 15) is 9.59 Å². The Bertz CT molecular complexity index is 447. The molecule has 6 nitrogen and oxygen atoms in total. The molecule has 6 heteroatoms. The smallest absolute Gasteiger partial charge is 0.349 e. The van der Waals surface area contributed by atoms with E-state index in [2.05, 4.69) is 9.72 Å². The van der Waals surface area contributed by atoms with Gasteiger partial charge in [0.2, 0.25) is 6.10 Å². The van der Waals surface area contributed by atoms with Gasteiger partial charge in [0, 0.05) is 18.7 Å². The molecule has 0 aliphatic rings. The number of pyridine rings is 1. The number of carbonyl (C=O) groups is 2. The van der Waals surface area contributed by atoms with Gasteiger partial charge in [-0.25, -0.2) is 9.78 Å². The van der Waals surface area contributed by atoms with Gasteiger partial charge in [-0.05, 0) is 6.07 Å². The summed E-state index contributed by atoms with van der Waals surface area (Å²) in [5.41, 5.74) is 0.373. The van der Waals surface area contributed by atoms with Gasteiger partial charge in [0.25, 0.3) is 0 Å². The molecular weight excluding hydrogens is 212 g/mol. The minimum atomic E-state index is -1.39. The lowest BCUT2D eigenvalue weighted by molar-refractivity contribution is -0.163. The second-order valence-corrected chi connectivity index (χ2v) is 2.92. The van der Waals surface area contributed by atoms with Crippen molar-refractivity contribution in [2.24, 2.45) is 0 Å². The number of rotatable bonds is 3. The van der Waals surface area contributed by atoms with Crippen molar-refractivity contribution in [2.45, 2.75) is 13.0 Å². The molecule has 0 aromatic carbocycles. The molecule has 1 heterocycles. The van der Waals surface area contributed by atoms with Gasteiger partial charge < -0.3 is 9.84 Å². The molecule has 1 aromatic rings. The van der Waals surface area contributed by atoms with E-state index in [0.29, 0.717) is 0 Å². The van der Waals surface area contributed by atoms with Gasteiger partial charge in [0.05, 0.1) is 0 Å². The topological polar surface area (TPSA) is 100 Å². The van der Waals surface area contributed by atoms with Crippen molar-refractivity contribution in [2.75, 3.05) is 0 Å². The van der Waals surface area contributed by atoms with Crippen LogP contribution < -0.4 is 0 Å². The maximum absolute atomic E-state index is 10.8. The molecule has 16 heavy (non-hydrogen) atoms. The number of hydrogen-bond acceptors (Lipinski definition) is 5. The lowest BCUT2D eigenvalue weighted by atomic mass is 10.1. The number of carbonyl (C=O) groups excluding carboxylic acids is 1. The van der Waals surface area contributed by atoms with Crippen LogP contribution in [0.2, 0.25) is 0 Å². The summed E-state index contributed by atoms with van der Waals surface area (Å²) in [6.45, 7) is 1.12. The predicted octanol–water partition coefficient (Wildman–Crippen LogP) is 0.642. The van der Waals surface area contributed by atoms with Gasteiger partial charge in [-0.1, -0.05) is 6.07 Å². The van der Waals surface area contributed by atoms with E-state index in [1.165, 1.54) is 18.3 Å². The summed E-state index contributed by atoms with van der Waals surface area (Å²) in [6.07, 6.45) is -0.196. The first-order chi connectivity index (χ1) is 7.54. The average Bonchev–Trinajstić information content (AvgIpc) is 2.25. The van der Waals surface area contributed by atoms with E-state index in [1.54, 1.807) is 6.07 Å². The first kappa shape index (κ1) is 11.7. The lowest BCUT2D eigenvalue weighted by Crippen LogP contribution is -2.18. The third-order valence-corrected chi connectivity index (χ3v) is 1.71. The SMILES string of the molecule is CC(=O)OC(C(=O)O)c1ccc(C#N)nc1. The third-order valence-electron chi connectivity index (χ3n) is 1.71. The molecule has 0 aliphatic heterocycles. The van der Waals surface area contributed by atoms with E-state index in [1.807, 2.05) is 0 Å². The van der Waals surface area contributed by atoms with Crippen molar-refractivity contribution in [3.63, 3.8) is 0 Å². The summed E-state index contributed by atoms with van der Waals surface area (Å²) >= 11 is 0. The summed E-state index contributed by atoms with van der Waals surface area (Å²) < 4.78 is 4.61. The molecule has 0 bridgehead atoms. The highest BCUT2D eigenvalue weighted by molar-refractivity contribution is 5.78. The molecule has 0 aliphatic carbocycles. The Kier molecular flexibility index (Phi) is 3.56. The highest BCUT2D eigenvalue weighted by Crippen LogP contribution is 2.17. The normalized spacial score (nSPS) is 11.2. The Labute approximate surface area is 91.1 Å². The fourth-order valence-electron chi connectivity index (χ4n) is 1.05. The fraction of sp³-hybridized carbons (Fsp3) is 0.200. The van der Waals surface area contributed by atoms with Crippen molar-refractivity contribution in [1.29, 1.82) is 5.26 Å². The Morgan fingerprint density at radius 3 is 2.62 bits per heavy atom. The van der Waals surface area contributed by atoms with Gasteiger partial charge >= 0.3 is 11.9 Å². The second-order valence-electron chi connectivity index (χ2n) is 2.92. The number of carboxylic acids is 1. The Morgan fingerprint density at radius 1 is 1.56 bits per heavy atom. The minimum Gasteiger partial charge on any atom is -0.478 e. The van der Waals surface area contributed by atoms with E-state index >= 15 is 0 Å². The van der Waals surface area contributed by atoms with Crippen molar-refractivity contribution >= 4 is 11.9 Å². The monoisotopic (exact) mass is 220 g/mol. The van der Waals surface area contributed by atoms with E-state index < -0.39 is 18.0 Å². The predicted molar refractivity (Wildman–Crippen MR) is 51.1 cm³/mol. The molecule has 82 valence electrons. The molecule has 0 saturated heterocycles. The van der Waals surface area contributed by atoms with Crippen LogP contribution in [0, 0.1) is 11.3 Å². The zero-order valence-electron chi connectivity index (χ0n) is 8.38. The van der Waals surface area contributed by atoms with Crippen LogP contribution in [0.5, 0.6) is 0 Å². The molecule has 0 radical (unpaired) electrons. The molecule has 1 rings (SSSR count). The Hall–Kier alpha value is -2.42. The standard InChI is InChI=1S/C10H8N2O4/c1-6(13)16-9(10(14)15)7-2-3-8(4-11)12-5-7/h2-3,5,9H,1H3,(H,14,15). The van der Waals surface area contributed by atoms with Crippen LogP contribution in [-0.4, -0.2) is 22.0 Å². The molecule has 0 amide bonds. The van der Waals surface area contributed by atoms with Crippen molar-refractivity contribution < 1.29 is 19.4 Å². The maximum atomic E-state index is 10.8. The van der Waals surface area contributed by atoms with Crippen LogP contribution in [0.3, 0.4) is 0 Å². The highest BCUT2D eigenvalue weighted by atomic mass is 16.6. The molecule has 1 aromatic heterocycles. The van der Waals surface area contributed by atoms with Crippen LogP contribution in [0.25, 0.3) is 0 Å². The largest absolute Gasteiger partial charge is 0.478 e. The number of aliphatic carboxylic acids is 1. The van der Waals surface area contributed by atoms with E-state index in [0.717, 1.165) is 6.92 Å². The van der Waals surface area contributed by atoms with E-state index in [-0.39, 0.29) is 11.3 Å². The Balaban J connectivity index is 2.98. The summed E-state index contributed by atoms with van der Waals surface area (Å²) in [5, 5.41) is 17.3. The molecular formula is C10H8N2O4. The van der Waals surface area contributed by atoms with Gasteiger partial charge in [0.1, 0.15) is 11.8 Å². The molecule has 0 spiro atoms. The van der Waals surface area contributed by atoms with Gasteiger partial charge in [-0.15, -0.1) is 0 Å². The quantitative estimate of drug-likeness (QED) is 0.750. The third kappa shape index (κ3) is 2.78. The molecule has 1 unspecified atom stereocenters. The summed E-state index contributed by atoms with van der Waals surface area (Å²) in [5.74, 6) is -1.99. The fourth-order valence-corrected chi connectivity index (χ4v) is 1.05. The number of carboxylic acid groups (broad SMARTS) is 1. The Morgan fingerprint density at radius 2 is 2.25 bits per heavy atom. The number of esters is 1. The van der Waals surface area contributed by atoms with Crippen LogP contribution in [0.4, 0.5) is 0 Å². The lowest BCUT2D eigenvalue weighted by Gasteiger charge is -2.11. The zero-order valence-corrected chi connectivity index (χ0v) is 8.38. The second kappa shape index (κ2) is 4.89. The number of hydrogen-bond donors (Lipinski definition) is 1. The highest BCUT2D eigenvalue weighted by Gasteiger charge is 2.23. The van der Waals surface area contributed by atoms with Crippen LogP contribution in [0.15, 0.2) is 18.3 Å². The molecule has 1 N–H and O–H groups in total. The maximum Gasteiger partial charge on any atom is 0.349 e.